The van der Waals surface area contributed by atoms with Crippen LogP contribution in [0, 0.1) is 0 Å². The maximum atomic E-state index is 10.9. The molecule has 1 N–H and O–H groups in total. The molecule has 18 heavy (non-hydrogen) atoms. The molecule has 0 aliphatic rings. The van der Waals surface area contributed by atoms with Crippen LogP contribution in [0.5, 0.6) is 0 Å². The van der Waals surface area contributed by atoms with Crippen molar-refractivity contribution in [2.24, 2.45) is 0 Å². The summed E-state index contributed by atoms with van der Waals surface area (Å²) < 4.78 is 0. The Morgan fingerprint density at radius 3 is 2.22 bits per heavy atom. The zero-order chi connectivity index (χ0) is 13.6. The summed E-state index contributed by atoms with van der Waals surface area (Å²) in [6.45, 7) is 4.70. The first kappa shape index (κ1) is 17.4. The summed E-state index contributed by atoms with van der Waals surface area (Å²) in [5.41, 5.74) is 0. The SMILES string of the molecule is CCCCCCCCC(OOCCCC)C(=O)O. The Hall–Kier alpha value is -0.610. The van der Waals surface area contributed by atoms with Gasteiger partial charge in [-0.1, -0.05) is 58.8 Å². The molecule has 0 bridgehead atoms. The van der Waals surface area contributed by atoms with Gasteiger partial charge in [0.25, 0.3) is 0 Å². The summed E-state index contributed by atoms with van der Waals surface area (Å²) >= 11 is 0. The molecule has 0 rings (SSSR count). The Morgan fingerprint density at radius 1 is 1.00 bits per heavy atom. The van der Waals surface area contributed by atoms with E-state index in [0.29, 0.717) is 13.0 Å². The van der Waals surface area contributed by atoms with Gasteiger partial charge in [-0.15, -0.1) is 0 Å². The summed E-state index contributed by atoms with van der Waals surface area (Å²) in [7, 11) is 0. The molecule has 0 aromatic carbocycles. The van der Waals surface area contributed by atoms with E-state index in [2.05, 4.69) is 6.92 Å². The smallest absolute Gasteiger partial charge is 0.336 e. The zero-order valence-electron chi connectivity index (χ0n) is 11.8. The fourth-order valence-electron chi connectivity index (χ4n) is 1.66. The fraction of sp³-hybridized carbons (Fsp3) is 0.929. The van der Waals surface area contributed by atoms with E-state index in [1.54, 1.807) is 0 Å². The predicted octanol–water partition coefficient (Wildman–Crippen LogP) is 3.94. The van der Waals surface area contributed by atoms with Crippen LogP contribution in [0.15, 0.2) is 0 Å². The topological polar surface area (TPSA) is 55.8 Å². The van der Waals surface area contributed by atoms with Gasteiger partial charge in [0.1, 0.15) is 0 Å². The highest BCUT2D eigenvalue weighted by atomic mass is 17.2. The van der Waals surface area contributed by atoms with Crippen molar-refractivity contribution in [3.05, 3.63) is 0 Å². The largest absolute Gasteiger partial charge is 0.479 e. The van der Waals surface area contributed by atoms with Crippen LogP contribution in [0.3, 0.4) is 0 Å². The Morgan fingerprint density at radius 2 is 1.61 bits per heavy atom. The molecule has 0 amide bonds. The van der Waals surface area contributed by atoms with E-state index < -0.39 is 12.1 Å². The van der Waals surface area contributed by atoms with E-state index >= 15 is 0 Å². The van der Waals surface area contributed by atoms with Gasteiger partial charge in [-0.25, -0.2) is 14.6 Å². The van der Waals surface area contributed by atoms with Crippen LogP contribution in [0.2, 0.25) is 0 Å². The average molecular weight is 260 g/mol. The number of rotatable bonds is 13. The summed E-state index contributed by atoms with van der Waals surface area (Å²) in [4.78, 5) is 20.8. The highest BCUT2D eigenvalue weighted by Gasteiger charge is 2.18. The van der Waals surface area contributed by atoms with Crippen molar-refractivity contribution in [3.63, 3.8) is 0 Å². The number of carboxylic acids is 1. The molecule has 1 atom stereocenters. The molecule has 0 aromatic rings. The molecule has 0 aliphatic carbocycles. The molecular formula is C14H28O4. The molecule has 108 valence electrons. The minimum Gasteiger partial charge on any atom is -0.479 e. The van der Waals surface area contributed by atoms with Gasteiger partial charge in [0.15, 0.2) is 6.10 Å². The molecule has 0 heterocycles. The lowest BCUT2D eigenvalue weighted by molar-refractivity contribution is -0.321. The highest BCUT2D eigenvalue weighted by Crippen LogP contribution is 2.11. The Balaban J connectivity index is 3.54. The number of unbranched alkanes of at least 4 members (excludes halogenated alkanes) is 6. The van der Waals surface area contributed by atoms with Crippen molar-refractivity contribution in [2.75, 3.05) is 6.61 Å². The molecule has 0 saturated heterocycles. The third-order valence-corrected chi connectivity index (χ3v) is 2.86. The van der Waals surface area contributed by atoms with Crippen LogP contribution in [0.1, 0.15) is 71.6 Å². The lowest BCUT2D eigenvalue weighted by Gasteiger charge is -2.12. The predicted molar refractivity (Wildman–Crippen MR) is 71.4 cm³/mol. The van der Waals surface area contributed by atoms with Crippen LogP contribution < -0.4 is 0 Å². The van der Waals surface area contributed by atoms with Crippen molar-refractivity contribution in [3.8, 4) is 0 Å². The second-order valence-electron chi connectivity index (χ2n) is 4.66. The lowest BCUT2D eigenvalue weighted by Crippen LogP contribution is -2.24. The minimum atomic E-state index is -0.931. The molecule has 0 aromatic heterocycles. The molecule has 0 saturated carbocycles. The van der Waals surface area contributed by atoms with Crippen molar-refractivity contribution in [1.29, 1.82) is 0 Å². The third-order valence-electron chi connectivity index (χ3n) is 2.86. The van der Waals surface area contributed by atoms with Crippen LogP contribution in [0.4, 0.5) is 0 Å². The maximum absolute atomic E-state index is 10.9. The van der Waals surface area contributed by atoms with E-state index in [1.165, 1.54) is 25.7 Å². The Bertz CT molecular complexity index is 194. The zero-order valence-corrected chi connectivity index (χ0v) is 11.8. The number of carboxylic acid groups (broad SMARTS) is 1. The van der Waals surface area contributed by atoms with Crippen LogP contribution >= 0.6 is 0 Å². The minimum absolute atomic E-state index is 0.469. The molecule has 0 spiro atoms. The summed E-state index contributed by atoms with van der Waals surface area (Å²) in [5.74, 6) is -0.931. The van der Waals surface area contributed by atoms with E-state index in [9.17, 15) is 4.79 Å². The molecule has 4 heteroatoms. The van der Waals surface area contributed by atoms with E-state index in [0.717, 1.165) is 25.7 Å². The van der Waals surface area contributed by atoms with Gasteiger partial charge >= 0.3 is 5.97 Å². The lowest BCUT2D eigenvalue weighted by atomic mass is 10.1. The Labute approximate surface area is 111 Å². The summed E-state index contributed by atoms with van der Waals surface area (Å²) in [6.07, 6.45) is 8.49. The standard InChI is InChI=1S/C14H28O4/c1-3-5-7-8-9-10-11-13(14(15)16)18-17-12-6-4-2/h13H,3-12H2,1-2H3,(H,15,16). The van der Waals surface area contributed by atoms with Crippen LogP contribution in [0.25, 0.3) is 0 Å². The average Bonchev–Trinajstić information content (AvgIpc) is 2.35. The number of hydrogen-bond donors (Lipinski definition) is 1. The van der Waals surface area contributed by atoms with Crippen molar-refractivity contribution >= 4 is 5.97 Å². The highest BCUT2D eigenvalue weighted by molar-refractivity contribution is 5.72. The monoisotopic (exact) mass is 260 g/mol. The van der Waals surface area contributed by atoms with Gasteiger partial charge in [-0.3, -0.25) is 0 Å². The fourth-order valence-corrected chi connectivity index (χ4v) is 1.66. The van der Waals surface area contributed by atoms with Gasteiger partial charge in [-0.05, 0) is 12.8 Å². The van der Waals surface area contributed by atoms with Crippen molar-refractivity contribution < 1.29 is 19.7 Å². The van der Waals surface area contributed by atoms with E-state index in [-0.39, 0.29) is 0 Å². The first-order valence-corrected chi connectivity index (χ1v) is 7.23. The van der Waals surface area contributed by atoms with Gasteiger partial charge in [-0.2, -0.15) is 0 Å². The maximum Gasteiger partial charge on any atom is 0.336 e. The van der Waals surface area contributed by atoms with Crippen molar-refractivity contribution in [2.45, 2.75) is 77.7 Å². The van der Waals surface area contributed by atoms with E-state index in [4.69, 9.17) is 14.9 Å². The van der Waals surface area contributed by atoms with Gasteiger partial charge < -0.3 is 5.11 Å². The number of aliphatic carboxylic acids is 1. The first-order chi connectivity index (χ1) is 8.72. The first-order valence-electron chi connectivity index (χ1n) is 7.23. The third kappa shape index (κ3) is 10.5. The normalized spacial score (nSPS) is 12.6. The van der Waals surface area contributed by atoms with Crippen LogP contribution in [-0.2, 0) is 14.6 Å². The molecule has 1 unspecified atom stereocenters. The van der Waals surface area contributed by atoms with Gasteiger partial charge in [0.2, 0.25) is 0 Å². The summed E-state index contributed by atoms with van der Waals surface area (Å²) in [5, 5.41) is 8.97. The second-order valence-corrected chi connectivity index (χ2v) is 4.66. The van der Waals surface area contributed by atoms with Crippen molar-refractivity contribution in [1.82, 2.24) is 0 Å². The molecular weight excluding hydrogens is 232 g/mol. The molecule has 0 radical (unpaired) electrons. The molecule has 0 fully saturated rings. The van der Waals surface area contributed by atoms with E-state index in [1.807, 2.05) is 6.92 Å². The van der Waals surface area contributed by atoms with Crippen LogP contribution in [-0.4, -0.2) is 23.8 Å². The number of carbonyl (C=O) groups is 1. The Kier molecular flexibility index (Phi) is 12.4. The van der Waals surface area contributed by atoms with Gasteiger partial charge in [0, 0.05) is 0 Å². The quantitative estimate of drug-likeness (QED) is 0.309. The summed E-state index contributed by atoms with van der Waals surface area (Å²) in [6, 6.07) is 0. The van der Waals surface area contributed by atoms with Gasteiger partial charge in [0.05, 0.1) is 6.61 Å². The number of hydrogen-bond acceptors (Lipinski definition) is 3. The molecule has 0 aliphatic heterocycles. The second kappa shape index (κ2) is 12.8. The molecule has 4 nitrogen and oxygen atoms in total.